The average Bonchev–Trinajstić information content (AvgIpc) is 3.20. The number of benzene rings is 1. The summed E-state index contributed by atoms with van der Waals surface area (Å²) in [6.07, 6.45) is 8.95. The molecule has 29 heavy (non-hydrogen) atoms. The molecule has 152 valence electrons. The second-order valence-corrected chi connectivity index (χ2v) is 8.39. The molecule has 1 saturated carbocycles. The first kappa shape index (κ1) is 19.8. The number of rotatable bonds is 7. The molecule has 2 aromatic heterocycles. The maximum atomic E-state index is 13.4. The van der Waals surface area contributed by atoms with E-state index in [1.807, 2.05) is 41.4 Å². The minimum Gasteiger partial charge on any atom is -0.492 e. The first-order valence-electron chi connectivity index (χ1n) is 10.2. The summed E-state index contributed by atoms with van der Waals surface area (Å²) < 4.78 is 6.64. The van der Waals surface area contributed by atoms with E-state index in [0.29, 0.717) is 19.7 Å². The quantitative estimate of drug-likeness (QED) is 0.633. The van der Waals surface area contributed by atoms with Gasteiger partial charge in [-0.1, -0.05) is 36.7 Å². The first-order chi connectivity index (χ1) is 14.2. The maximum absolute atomic E-state index is 13.4. The fourth-order valence-corrected chi connectivity index (χ4v) is 4.76. The fraction of sp³-hybridized carbons (Fsp3) is 0.409. The van der Waals surface area contributed by atoms with E-state index >= 15 is 0 Å². The molecule has 4 rings (SSSR count). The SMILES string of the molecule is NCCOc1ccc2nc(N(Cc3cccnc3)C(=O)C3CCCCC3)sc2c1. The van der Waals surface area contributed by atoms with E-state index in [1.54, 1.807) is 6.20 Å². The predicted molar refractivity (Wildman–Crippen MR) is 116 cm³/mol. The van der Waals surface area contributed by atoms with Crippen molar-refractivity contribution in [1.29, 1.82) is 0 Å². The molecule has 7 heteroatoms. The van der Waals surface area contributed by atoms with Gasteiger partial charge in [0.2, 0.25) is 5.91 Å². The van der Waals surface area contributed by atoms with Gasteiger partial charge >= 0.3 is 0 Å². The maximum Gasteiger partial charge on any atom is 0.232 e. The molecule has 6 nitrogen and oxygen atoms in total. The molecular formula is C22H26N4O2S. The van der Waals surface area contributed by atoms with Gasteiger partial charge in [-0.05, 0) is 42.7 Å². The van der Waals surface area contributed by atoms with Gasteiger partial charge in [-0.3, -0.25) is 14.7 Å². The van der Waals surface area contributed by atoms with E-state index in [9.17, 15) is 4.79 Å². The molecule has 0 saturated heterocycles. The molecular weight excluding hydrogens is 384 g/mol. The molecule has 2 N–H and O–H groups in total. The van der Waals surface area contributed by atoms with Crippen LogP contribution >= 0.6 is 11.3 Å². The van der Waals surface area contributed by atoms with Gasteiger partial charge in [0.05, 0.1) is 16.8 Å². The Morgan fingerprint density at radius 1 is 1.24 bits per heavy atom. The van der Waals surface area contributed by atoms with Crippen molar-refractivity contribution in [1.82, 2.24) is 9.97 Å². The topological polar surface area (TPSA) is 81.3 Å². The molecule has 0 unspecified atom stereocenters. The molecule has 1 aliphatic carbocycles. The number of ether oxygens (including phenoxy) is 1. The van der Waals surface area contributed by atoms with Crippen LogP contribution in [0.5, 0.6) is 5.75 Å². The summed E-state index contributed by atoms with van der Waals surface area (Å²) in [5, 5.41) is 0.732. The third-order valence-corrected chi connectivity index (χ3v) is 6.29. The van der Waals surface area contributed by atoms with Crippen LogP contribution in [0.1, 0.15) is 37.7 Å². The minimum absolute atomic E-state index is 0.0795. The van der Waals surface area contributed by atoms with Gasteiger partial charge in [0.1, 0.15) is 12.4 Å². The molecule has 0 spiro atoms. The zero-order valence-electron chi connectivity index (χ0n) is 16.4. The molecule has 1 aliphatic rings. The zero-order valence-corrected chi connectivity index (χ0v) is 17.2. The van der Waals surface area contributed by atoms with Crippen LogP contribution in [-0.4, -0.2) is 29.0 Å². The van der Waals surface area contributed by atoms with Crippen molar-refractivity contribution in [3.05, 3.63) is 48.3 Å². The van der Waals surface area contributed by atoms with Crippen LogP contribution in [0.3, 0.4) is 0 Å². The summed E-state index contributed by atoms with van der Waals surface area (Å²) in [5.74, 6) is 1.03. The summed E-state index contributed by atoms with van der Waals surface area (Å²) in [6, 6.07) is 9.71. The molecule has 3 aromatic rings. The number of anilines is 1. The van der Waals surface area contributed by atoms with Crippen LogP contribution in [0.4, 0.5) is 5.13 Å². The second kappa shape index (κ2) is 9.33. The lowest BCUT2D eigenvalue weighted by molar-refractivity contribution is -0.123. The number of pyridine rings is 1. The zero-order chi connectivity index (χ0) is 20.1. The van der Waals surface area contributed by atoms with Crippen molar-refractivity contribution in [2.75, 3.05) is 18.1 Å². The van der Waals surface area contributed by atoms with Crippen LogP contribution < -0.4 is 15.4 Å². The van der Waals surface area contributed by atoms with Gasteiger partial charge < -0.3 is 10.5 Å². The molecule has 2 heterocycles. The van der Waals surface area contributed by atoms with E-state index < -0.39 is 0 Å². The van der Waals surface area contributed by atoms with Crippen LogP contribution in [0.2, 0.25) is 0 Å². The molecule has 0 aliphatic heterocycles. The highest BCUT2D eigenvalue weighted by Crippen LogP contribution is 2.34. The number of carbonyl (C=O) groups is 1. The van der Waals surface area contributed by atoms with Crippen LogP contribution in [-0.2, 0) is 11.3 Å². The Hall–Kier alpha value is -2.51. The molecule has 1 aromatic carbocycles. The summed E-state index contributed by atoms with van der Waals surface area (Å²) in [5.41, 5.74) is 7.40. The standard InChI is InChI=1S/C22H26N4O2S/c23-10-12-28-18-8-9-19-20(13-18)29-22(25-19)26(15-16-5-4-11-24-14-16)21(27)17-6-2-1-3-7-17/h4-5,8-9,11,13-14,17H,1-3,6-7,10,12,15,23H2. The second-order valence-electron chi connectivity index (χ2n) is 7.38. The Morgan fingerprint density at radius 2 is 2.10 bits per heavy atom. The molecule has 1 amide bonds. The Bertz CT molecular complexity index is 954. The Morgan fingerprint density at radius 3 is 2.86 bits per heavy atom. The molecule has 0 radical (unpaired) electrons. The van der Waals surface area contributed by atoms with Crippen molar-refractivity contribution < 1.29 is 9.53 Å². The Labute approximate surface area is 174 Å². The highest BCUT2D eigenvalue weighted by atomic mass is 32.1. The summed E-state index contributed by atoms with van der Waals surface area (Å²) in [6.45, 7) is 1.44. The molecule has 1 fully saturated rings. The van der Waals surface area contributed by atoms with Crippen LogP contribution in [0.15, 0.2) is 42.7 Å². The van der Waals surface area contributed by atoms with Gasteiger partial charge in [-0.15, -0.1) is 0 Å². The number of amides is 1. The monoisotopic (exact) mass is 410 g/mol. The lowest BCUT2D eigenvalue weighted by Crippen LogP contribution is -2.36. The van der Waals surface area contributed by atoms with Crippen molar-refractivity contribution >= 4 is 32.6 Å². The van der Waals surface area contributed by atoms with Crippen molar-refractivity contribution in [2.24, 2.45) is 11.7 Å². The number of carbonyl (C=O) groups excluding carboxylic acids is 1. The number of hydrogen-bond donors (Lipinski definition) is 1. The Balaban J connectivity index is 1.64. The number of thiazole rings is 1. The normalized spacial score (nSPS) is 14.8. The largest absolute Gasteiger partial charge is 0.492 e. The van der Waals surface area contributed by atoms with E-state index in [0.717, 1.165) is 52.3 Å². The lowest BCUT2D eigenvalue weighted by atomic mass is 9.88. The number of fused-ring (bicyclic) bond motifs is 1. The van der Waals surface area contributed by atoms with E-state index in [4.69, 9.17) is 15.5 Å². The van der Waals surface area contributed by atoms with Gasteiger partial charge in [-0.25, -0.2) is 4.98 Å². The van der Waals surface area contributed by atoms with Crippen molar-refractivity contribution in [3.63, 3.8) is 0 Å². The third-order valence-electron chi connectivity index (χ3n) is 5.25. The third kappa shape index (κ3) is 4.74. The predicted octanol–water partition coefficient (Wildman–Crippen LogP) is 4.14. The van der Waals surface area contributed by atoms with Gasteiger partial charge in [-0.2, -0.15) is 0 Å². The number of hydrogen-bond acceptors (Lipinski definition) is 6. The van der Waals surface area contributed by atoms with Crippen molar-refractivity contribution in [3.8, 4) is 5.75 Å². The smallest absolute Gasteiger partial charge is 0.232 e. The van der Waals surface area contributed by atoms with Gasteiger partial charge in [0.25, 0.3) is 0 Å². The summed E-state index contributed by atoms with van der Waals surface area (Å²) >= 11 is 1.53. The number of aromatic nitrogens is 2. The highest BCUT2D eigenvalue weighted by Gasteiger charge is 2.29. The van der Waals surface area contributed by atoms with E-state index in [2.05, 4.69) is 4.98 Å². The van der Waals surface area contributed by atoms with Gasteiger partial charge in [0.15, 0.2) is 5.13 Å². The van der Waals surface area contributed by atoms with Gasteiger partial charge in [0, 0.05) is 24.9 Å². The lowest BCUT2D eigenvalue weighted by Gasteiger charge is -2.27. The summed E-state index contributed by atoms with van der Waals surface area (Å²) in [7, 11) is 0. The van der Waals surface area contributed by atoms with Crippen LogP contribution in [0, 0.1) is 5.92 Å². The summed E-state index contributed by atoms with van der Waals surface area (Å²) in [4.78, 5) is 24.2. The van der Waals surface area contributed by atoms with E-state index in [-0.39, 0.29) is 11.8 Å². The van der Waals surface area contributed by atoms with Crippen LogP contribution in [0.25, 0.3) is 10.2 Å². The molecule has 0 bridgehead atoms. The first-order valence-corrected chi connectivity index (χ1v) is 11.0. The molecule has 0 atom stereocenters. The minimum atomic E-state index is 0.0795. The fourth-order valence-electron chi connectivity index (χ4n) is 3.76. The highest BCUT2D eigenvalue weighted by molar-refractivity contribution is 7.22. The van der Waals surface area contributed by atoms with E-state index in [1.165, 1.54) is 17.8 Å². The Kier molecular flexibility index (Phi) is 6.36. The number of nitrogens with zero attached hydrogens (tertiary/aromatic N) is 3. The average molecular weight is 411 g/mol. The number of nitrogens with two attached hydrogens (primary N) is 1. The van der Waals surface area contributed by atoms with Crippen molar-refractivity contribution in [2.45, 2.75) is 38.6 Å².